The average Bonchev–Trinajstić information content (AvgIpc) is 2.75. The van der Waals surface area contributed by atoms with Crippen molar-refractivity contribution in [3.63, 3.8) is 0 Å². The highest BCUT2D eigenvalue weighted by atomic mass is 35.5. The Morgan fingerprint density at radius 2 is 2.17 bits per heavy atom. The minimum Gasteiger partial charge on any atom is -0.345 e. The summed E-state index contributed by atoms with van der Waals surface area (Å²) in [5.74, 6) is 0. The van der Waals surface area contributed by atoms with Crippen molar-refractivity contribution in [2.45, 2.75) is 34.3 Å². The first kappa shape index (κ1) is 8.90. The van der Waals surface area contributed by atoms with E-state index in [9.17, 15) is 0 Å². The second-order valence-corrected chi connectivity index (χ2v) is 5.19. The van der Waals surface area contributed by atoms with E-state index in [0.717, 1.165) is 0 Å². The van der Waals surface area contributed by atoms with Gasteiger partial charge in [-0.3, -0.25) is 0 Å². The molecule has 2 rings (SSSR count). The van der Waals surface area contributed by atoms with E-state index < -0.39 is 9.93 Å². The Morgan fingerprint density at radius 1 is 1.50 bits per heavy atom. The van der Waals surface area contributed by atoms with E-state index in [4.69, 9.17) is 44.8 Å². The van der Waals surface area contributed by atoms with Crippen LogP contribution in [-0.2, 0) is 4.74 Å². The third-order valence-corrected chi connectivity index (χ3v) is 3.81. The Balaban J connectivity index is 2.30. The van der Waals surface area contributed by atoms with Gasteiger partial charge in [0.05, 0.1) is 5.38 Å². The molecule has 66 valence electrons. The van der Waals surface area contributed by atoms with Crippen LogP contribution in [0.1, 0.15) is 12.8 Å². The highest BCUT2D eigenvalue weighted by Gasteiger charge is 2.73. The van der Waals surface area contributed by atoms with Gasteiger partial charge in [-0.25, -0.2) is 0 Å². The Hall–Kier alpha value is 0.320. The van der Waals surface area contributed by atoms with Crippen molar-refractivity contribution >= 4 is 34.8 Å². The molecule has 0 aromatic carbocycles. The summed E-state index contributed by atoms with van der Waals surface area (Å²) in [4.78, 5) is 0. The summed E-state index contributed by atoms with van der Waals surface area (Å²) in [5, 5.41) is 8.71. The molecule has 0 amide bonds. The van der Waals surface area contributed by atoms with Gasteiger partial charge < -0.3 is 4.74 Å². The maximum Gasteiger partial charge on any atom is 0.214 e. The highest BCUT2D eigenvalue weighted by molar-refractivity contribution is 6.50. The van der Waals surface area contributed by atoms with E-state index >= 15 is 0 Å². The summed E-state index contributed by atoms with van der Waals surface area (Å²) in [6.07, 6.45) is 0.921. The van der Waals surface area contributed by atoms with E-state index in [1.807, 2.05) is 6.07 Å². The fraction of sp³-hybridized carbons (Fsp3) is 0.857. The molecule has 1 aliphatic heterocycles. The van der Waals surface area contributed by atoms with E-state index in [-0.39, 0.29) is 11.5 Å². The minimum atomic E-state index is -1.09. The maximum atomic E-state index is 8.84. The van der Waals surface area contributed by atoms with Crippen LogP contribution in [0.2, 0.25) is 0 Å². The van der Waals surface area contributed by atoms with Gasteiger partial charge >= 0.3 is 0 Å². The number of nitrogens with zero attached hydrogens (tertiary/aromatic N) is 1. The molecule has 1 heterocycles. The van der Waals surface area contributed by atoms with Gasteiger partial charge in [-0.15, -0.1) is 11.6 Å². The third-order valence-electron chi connectivity index (χ3n) is 2.43. The number of halogens is 3. The Bertz CT molecular complexity index is 262. The van der Waals surface area contributed by atoms with Gasteiger partial charge in [0.2, 0.25) is 5.60 Å². The number of epoxide rings is 1. The van der Waals surface area contributed by atoms with Crippen LogP contribution >= 0.6 is 34.8 Å². The predicted molar refractivity (Wildman–Crippen MR) is 46.5 cm³/mol. The Morgan fingerprint density at radius 3 is 2.67 bits per heavy atom. The monoisotopic (exact) mass is 225 g/mol. The normalized spacial score (nSPS) is 49.2. The van der Waals surface area contributed by atoms with Crippen LogP contribution in [0.5, 0.6) is 0 Å². The second kappa shape index (κ2) is 2.42. The Kier molecular flexibility index (Phi) is 1.79. The van der Waals surface area contributed by atoms with Gasteiger partial charge in [0.25, 0.3) is 0 Å². The van der Waals surface area contributed by atoms with Crippen LogP contribution in [-0.4, -0.2) is 21.4 Å². The molecule has 2 nitrogen and oxygen atoms in total. The first-order valence-electron chi connectivity index (χ1n) is 3.64. The van der Waals surface area contributed by atoms with Gasteiger partial charge in [0.1, 0.15) is 12.2 Å². The van der Waals surface area contributed by atoms with Crippen molar-refractivity contribution in [2.24, 2.45) is 0 Å². The average molecular weight is 226 g/mol. The van der Waals surface area contributed by atoms with Gasteiger partial charge in [-0.1, -0.05) is 23.2 Å². The predicted octanol–water partition coefficient (Wildman–Crippen LogP) is 2.22. The van der Waals surface area contributed by atoms with Crippen LogP contribution in [0.15, 0.2) is 0 Å². The maximum absolute atomic E-state index is 8.84. The topological polar surface area (TPSA) is 36.3 Å². The first-order valence-corrected chi connectivity index (χ1v) is 4.84. The number of rotatable bonds is 0. The SMILES string of the molecule is N#CC12OC1C(Cl)CCC2(Cl)Cl. The molecule has 2 aliphatic rings. The fourth-order valence-corrected chi connectivity index (χ4v) is 2.56. The number of hydrogen-bond donors (Lipinski definition) is 0. The molecular weight excluding hydrogens is 220 g/mol. The molecule has 0 bridgehead atoms. The van der Waals surface area contributed by atoms with Crippen LogP contribution in [0.4, 0.5) is 0 Å². The summed E-state index contributed by atoms with van der Waals surface area (Å²) >= 11 is 17.8. The minimum absolute atomic E-state index is 0.129. The van der Waals surface area contributed by atoms with Crippen molar-refractivity contribution in [3.8, 4) is 6.07 Å². The molecular formula is C7H6Cl3NO. The highest BCUT2D eigenvalue weighted by Crippen LogP contribution is 2.59. The molecule has 0 radical (unpaired) electrons. The summed E-state index contributed by atoms with van der Waals surface area (Å²) in [6, 6.07) is 2.00. The molecule has 1 aliphatic carbocycles. The van der Waals surface area contributed by atoms with E-state index in [0.29, 0.717) is 12.8 Å². The molecule has 2 fully saturated rings. The molecule has 1 saturated carbocycles. The van der Waals surface area contributed by atoms with Crippen molar-refractivity contribution in [1.29, 1.82) is 5.26 Å². The van der Waals surface area contributed by atoms with E-state index in [1.165, 1.54) is 0 Å². The number of alkyl halides is 3. The lowest BCUT2D eigenvalue weighted by atomic mass is 9.89. The quantitative estimate of drug-likeness (QED) is 0.469. The standard InChI is InChI=1S/C7H6Cl3NO/c8-4-1-2-7(9,10)6(3-11)5(4)12-6/h4-5H,1-2H2. The lowest BCUT2D eigenvalue weighted by Gasteiger charge is -2.27. The van der Waals surface area contributed by atoms with Crippen molar-refractivity contribution in [1.82, 2.24) is 0 Å². The van der Waals surface area contributed by atoms with Gasteiger partial charge in [0.15, 0.2) is 4.33 Å². The number of nitriles is 1. The van der Waals surface area contributed by atoms with Crippen molar-refractivity contribution in [2.75, 3.05) is 0 Å². The molecule has 3 atom stereocenters. The number of hydrogen-bond acceptors (Lipinski definition) is 2. The molecule has 0 aromatic heterocycles. The van der Waals surface area contributed by atoms with Gasteiger partial charge in [0, 0.05) is 0 Å². The lowest BCUT2D eigenvalue weighted by Crippen LogP contribution is -2.42. The zero-order chi connectivity index (χ0) is 8.98. The van der Waals surface area contributed by atoms with Gasteiger partial charge in [-0.05, 0) is 12.8 Å². The summed E-state index contributed by atoms with van der Waals surface area (Å²) in [7, 11) is 0. The molecule has 1 saturated heterocycles. The van der Waals surface area contributed by atoms with E-state index in [1.54, 1.807) is 0 Å². The molecule has 0 N–H and O–H groups in total. The summed E-state index contributed by atoms with van der Waals surface area (Å²) in [6.45, 7) is 0. The Labute approximate surface area is 85.3 Å². The van der Waals surface area contributed by atoms with Gasteiger partial charge in [-0.2, -0.15) is 5.26 Å². The van der Waals surface area contributed by atoms with E-state index in [2.05, 4.69) is 0 Å². The lowest BCUT2D eigenvalue weighted by molar-refractivity contribution is 0.325. The molecule has 12 heavy (non-hydrogen) atoms. The largest absolute Gasteiger partial charge is 0.345 e. The van der Waals surface area contributed by atoms with Crippen molar-refractivity contribution in [3.05, 3.63) is 0 Å². The molecule has 0 spiro atoms. The zero-order valence-corrected chi connectivity index (χ0v) is 8.33. The van der Waals surface area contributed by atoms with Crippen LogP contribution in [0.3, 0.4) is 0 Å². The smallest absolute Gasteiger partial charge is 0.214 e. The molecule has 5 heteroatoms. The third kappa shape index (κ3) is 0.914. The first-order chi connectivity index (χ1) is 5.53. The summed E-state index contributed by atoms with van der Waals surface area (Å²) < 4.78 is 4.10. The molecule has 0 aromatic rings. The van der Waals surface area contributed by atoms with Crippen LogP contribution in [0, 0.1) is 11.3 Å². The van der Waals surface area contributed by atoms with Crippen LogP contribution in [0.25, 0.3) is 0 Å². The zero-order valence-electron chi connectivity index (χ0n) is 6.06. The second-order valence-electron chi connectivity index (χ2n) is 3.15. The number of fused-ring (bicyclic) bond motifs is 1. The molecule has 3 unspecified atom stereocenters. The number of ether oxygens (including phenoxy) is 1. The summed E-state index contributed by atoms with van der Waals surface area (Å²) in [5.41, 5.74) is -1.04. The fourth-order valence-electron chi connectivity index (χ4n) is 1.62. The van der Waals surface area contributed by atoms with Crippen molar-refractivity contribution < 1.29 is 4.74 Å². The van der Waals surface area contributed by atoms with Crippen LogP contribution < -0.4 is 0 Å².